The average Bonchev–Trinajstić information content (AvgIpc) is 3.18. The molecule has 24 heavy (non-hydrogen) atoms. The third-order valence-corrected chi connectivity index (χ3v) is 5.02. The summed E-state index contributed by atoms with van der Waals surface area (Å²) < 4.78 is 12.9. The first-order valence-corrected chi connectivity index (χ1v) is 8.97. The fourth-order valence-corrected chi connectivity index (χ4v) is 3.74. The van der Waals surface area contributed by atoms with E-state index in [0.29, 0.717) is 27.7 Å². The van der Waals surface area contributed by atoms with Gasteiger partial charge in [-0.1, -0.05) is 11.6 Å². The average molecular weight is 367 g/mol. The molecule has 0 unspecified atom stereocenters. The maximum absolute atomic E-state index is 12.6. The Morgan fingerprint density at radius 1 is 1.54 bits per heavy atom. The molecule has 1 saturated heterocycles. The molecule has 1 aliphatic rings. The molecule has 0 N–H and O–H groups in total. The molecule has 128 valence electrons. The van der Waals surface area contributed by atoms with Gasteiger partial charge in [-0.05, 0) is 38.0 Å². The van der Waals surface area contributed by atoms with Crippen molar-refractivity contribution in [3.63, 3.8) is 0 Å². The number of halogens is 1. The van der Waals surface area contributed by atoms with E-state index < -0.39 is 0 Å². The van der Waals surface area contributed by atoms with Gasteiger partial charge in [0.2, 0.25) is 0 Å². The second-order valence-electron chi connectivity index (χ2n) is 5.67. The number of carbonyl (C=O) groups excluding carboxylic acids is 1. The Kier molecular flexibility index (Phi) is 5.38. The molecule has 2 aromatic rings. The number of rotatable bonds is 4. The number of ether oxygens (including phenoxy) is 2. The van der Waals surface area contributed by atoms with Crippen LogP contribution in [0.4, 0.5) is 0 Å². The summed E-state index contributed by atoms with van der Waals surface area (Å²) in [6.07, 6.45) is 4.32. The number of amides is 1. The molecule has 1 atom stereocenters. The minimum atomic E-state index is -0.364. The second-order valence-corrected chi connectivity index (χ2v) is 7.32. The zero-order chi connectivity index (χ0) is 17.1. The van der Waals surface area contributed by atoms with Gasteiger partial charge in [0.1, 0.15) is 5.75 Å². The molecule has 0 bridgehead atoms. The van der Waals surface area contributed by atoms with Crippen molar-refractivity contribution in [2.75, 3.05) is 13.7 Å². The van der Waals surface area contributed by atoms with E-state index in [0.717, 1.165) is 24.3 Å². The Morgan fingerprint density at radius 3 is 3.08 bits per heavy atom. The van der Waals surface area contributed by atoms with Crippen molar-refractivity contribution in [3.05, 3.63) is 44.7 Å². The van der Waals surface area contributed by atoms with E-state index in [-0.39, 0.29) is 12.0 Å². The van der Waals surface area contributed by atoms with E-state index in [1.807, 2.05) is 17.7 Å². The van der Waals surface area contributed by atoms with Gasteiger partial charge in [-0.25, -0.2) is 0 Å². The van der Waals surface area contributed by atoms with Crippen LogP contribution in [0.1, 0.15) is 28.1 Å². The van der Waals surface area contributed by atoms with Gasteiger partial charge in [0, 0.05) is 22.7 Å². The van der Waals surface area contributed by atoms with Crippen LogP contribution in [0.15, 0.2) is 29.4 Å². The summed E-state index contributed by atoms with van der Waals surface area (Å²) in [4.78, 5) is 18.6. The summed E-state index contributed by atoms with van der Waals surface area (Å²) in [5.74, 6) is 0.101. The summed E-state index contributed by atoms with van der Waals surface area (Å²) in [7, 11) is 1.52. The lowest BCUT2D eigenvalue weighted by atomic mass is 10.2. The van der Waals surface area contributed by atoms with E-state index >= 15 is 0 Å². The van der Waals surface area contributed by atoms with Crippen LogP contribution in [0.25, 0.3) is 0 Å². The summed E-state index contributed by atoms with van der Waals surface area (Å²) >= 11 is 7.49. The Labute approximate surface area is 149 Å². The first-order chi connectivity index (χ1) is 11.6. The molecular formula is C17H19ClN2O3S. The number of hydrogen-bond acceptors (Lipinski definition) is 4. The van der Waals surface area contributed by atoms with E-state index in [9.17, 15) is 4.79 Å². The Balaban J connectivity index is 1.93. The lowest BCUT2D eigenvalue weighted by Crippen LogP contribution is -2.23. The summed E-state index contributed by atoms with van der Waals surface area (Å²) in [5, 5.41) is 0.476. The molecule has 7 heteroatoms. The Bertz CT molecular complexity index is 806. The minimum absolute atomic E-state index is 0.189. The molecule has 5 nitrogen and oxygen atoms in total. The maximum Gasteiger partial charge on any atom is 0.283 e. The van der Waals surface area contributed by atoms with Crippen LogP contribution in [0.5, 0.6) is 5.75 Å². The minimum Gasteiger partial charge on any atom is -0.496 e. The second kappa shape index (κ2) is 7.51. The zero-order valence-electron chi connectivity index (χ0n) is 13.6. The molecule has 0 aliphatic carbocycles. The summed E-state index contributed by atoms with van der Waals surface area (Å²) in [6.45, 7) is 3.52. The predicted molar refractivity (Wildman–Crippen MR) is 93.9 cm³/mol. The summed E-state index contributed by atoms with van der Waals surface area (Å²) in [5.41, 5.74) is 0.361. The molecule has 1 fully saturated rings. The SMILES string of the molecule is COc1ccc(Cl)cc1C(=O)/N=c1\sc(C)cn1C[C@@H]1CCCO1. The van der Waals surface area contributed by atoms with Crippen molar-refractivity contribution >= 4 is 28.8 Å². The monoisotopic (exact) mass is 366 g/mol. The van der Waals surface area contributed by atoms with Gasteiger partial charge >= 0.3 is 0 Å². The molecule has 1 aliphatic heterocycles. The van der Waals surface area contributed by atoms with Crippen molar-refractivity contribution in [2.24, 2.45) is 4.99 Å². The van der Waals surface area contributed by atoms with Crippen LogP contribution in [-0.2, 0) is 11.3 Å². The highest BCUT2D eigenvalue weighted by Crippen LogP contribution is 2.23. The van der Waals surface area contributed by atoms with Crippen LogP contribution in [0.3, 0.4) is 0 Å². The standard InChI is InChI=1S/C17H19ClN2O3S/c1-11-9-20(10-13-4-3-7-23-13)17(24-11)19-16(21)14-8-12(18)5-6-15(14)22-2/h5-6,8-9,13H,3-4,7,10H2,1-2H3/b19-17-/t13-/m0/s1. The quantitative estimate of drug-likeness (QED) is 0.832. The molecule has 1 aromatic heterocycles. The molecule has 1 aromatic carbocycles. The number of benzene rings is 1. The van der Waals surface area contributed by atoms with Crippen molar-refractivity contribution in [2.45, 2.75) is 32.4 Å². The number of thiazole rings is 1. The van der Waals surface area contributed by atoms with Crippen molar-refractivity contribution in [1.29, 1.82) is 0 Å². The van der Waals surface area contributed by atoms with Crippen LogP contribution in [0, 0.1) is 6.92 Å². The number of aromatic nitrogens is 1. The van der Waals surface area contributed by atoms with Crippen LogP contribution < -0.4 is 9.54 Å². The van der Waals surface area contributed by atoms with Gasteiger partial charge in [-0.3, -0.25) is 4.79 Å². The summed E-state index contributed by atoms with van der Waals surface area (Å²) in [6, 6.07) is 4.94. The van der Waals surface area contributed by atoms with Crippen LogP contribution in [0.2, 0.25) is 5.02 Å². The first kappa shape index (κ1) is 17.2. The van der Waals surface area contributed by atoms with E-state index in [1.165, 1.54) is 18.4 Å². The topological polar surface area (TPSA) is 52.8 Å². The highest BCUT2D eigenvalue weighted by Gasteiger charge is 2.18. The molecule has 0 radical (unpaired) electrons. The third kappa shape index (κ3) is 3.88. The number of aryl methyl sites for hydroxylation is 1. The molecule has 2 heterocycles. The van der Waals surface area contributed by atoms with Gasteiger partial charge in [-0.15, -0.1) is 11.3 Å². The molecule has 3 rings (SSSR count). The number of hydrogen-bond donors (Lipinski definition) is 0. The molecule has 0 saturated carbocycles. The Morgan fingerprint density at radius 2 is 2.38 bits per heavy atom. The fourth-order valence-electron chi connectivity index (χ4n) is 2.72. The Hall–Kier alpha value is -1.63. The molecule has 0 spiro atoms. The van der Waals surface area contributed by atoms with Crippen molar-refractivity contribution in [3.8, 4) is 5.75 Å². The number of methoxy groups -OCH3 is 1. The molecular weight excluding hydrogens is 348 g/mol. The van der Waals surface area contributed by atoms with Gasteiger partial charge in [-0.2, -0.15) is 4.99 Å². The van der Waals surface area contributed by atoms with Gasteiger partial charge in [0.15, 0.2) is 4.80 Å². The van der Waals surface area contributed by atoms with Gasteiger partial charge < -0.3 is 14.0 Å². The highest BCUT2D eigenvalue weighted by atomic mass is 35.5. The van der Waals surface area contributed by atoms with Crippen molar-refractivity contribution < 1.29 is 14.3 Å². The predicted octanol–water partition coefficient (Wildman–Crippen LogP) is 3.44. The normalized spacial score (nSPS) is 18.1. The molecule has 1 amide bonds. The van der Waals surface area contributed by atoms with E-state index in [1.54, 1.807) is 18.2 Å². The van der Waals surface area contributed by atoms with E-state index in [4.69, 9.17) is 21.1 Å². The third-order valence-electron chi connectivity index (χ3n) is 3.85. The van der Waals surface area contributed by atoms with Crippen LogP contribution >= 0.6 is 22.9 Å². The fraction of sp³-hybridized carbons (Fsp3) is 0.412. The first-order valence-electron chi connectivity index (χ1n) is 7.78. The lowest BCUT2D eigenvalue weighted by molar-refractivity contribution is 0.0949. The smallest absolute Gasteiger partial charge is 0.283 e. The van der Waals surface area contributed by atoms with Crippen LogP contribution in [-0.4, -0.2) is 30.3 Å². The highest BCUT2D eigenvalue weighted by molar-refractivity contribution is 7.09. The van der Waals surface area contributed by atoms with Gasteiger partial charge in [0.05, 0.1) is 25.3 Å². The maximum atomic E-state index is 12.6. The zero-order valence-corrected chi connectivity index (χ0v) is 15.2. The largest absolute Gasteiger partial charge is 0.496 e. The lowest BCUT2D eigenvalue weighted by Gasteiger charge is -2.10. The van der Waals surface area contributed by atoms with Crippen molar-refractivity contribution in [1.82, 2.24) is 4.57 Å². The number of carbonyl (C=O) groups is 1. The van der Waals surface area contributed by atoms with Gasteiger partial charge in [0.25, 0.3) is 5.91 Å². The van der Waals surface area contributed by atoms with E-state index in [2.05, 4.69) is 4.99 Å². The number of nitrogens with zero attached hydrogens (tertiary/aromatic N) is 2.